The van der Waals surface area contributed by atoms with Crippen molar-refractivity contribution in [3.8, 4) is 5.82 Å². The van der Waals surface area contributed by atoms with Gasteiger partial charge in [-0.15, -0.1) is 12.4 Å². The molecule has 0 aromatic carbocycles. The quantitative estimate of drug-likeness (QED) is 0.778. The Morgan fingerprint density at radius 3 is 2.50 bits per heavy atom. The first-order valence-corrected chi connectivity index (χ1v) is 4.10. The molecule has 0 saturated heterocycles. The molecule has 0 atom stereocenters. The normalized spacial score (nSPS) is 10.9. The molecule has 0 radical (unpaired) electrons. The average Bonchev–Trinajstić information content (AvgIpc) is 2.69. The third-order valence-corrected chi connectivity index (χ3v) is 1.79. The summed E-state index contributed by atoms with van der Waals surface area (Å²) in [6.45, 7) is 0. The molecule has 16 heavy (non-hydrogen) atoms. The molecule has 0 N–H and O–H groups in total. The van der Waals surface area contributed by atoms with Crippen LogP contribution in [0.25, 0.3) is 5.82 Å². The zero-order valence-electron chi connectivity index (χ0n) is 7.85. The van der Waals surface area contributed by atoms with Gasteiger partial charge in [-0.2, -0.15) is 13.2 Å². The van der Waals surface area contributed by atoms with Gasteiger partial charge in [-0.25, -0.2) is 9.97 Å². The van der Waals surface area contributed by atoms with Gasteiger partial charge >= 0.3 is 6.18 Å². The lowest BCUT2D eigenvalue weighted by Gasteiger charge is -2.07. The summed E-state index contributed by atoms with van der Waals surface area (Å²) < 4.78 is 38.4. The van der Waals surface area contributed by atoms with E-state index in [2.05, 4.69) is 9.97 Å². The van der Waals surface area contributed by atoms with Crippen LogP contribution in [0.1, 0.15) is 5.69 Å². The Morgan fingerprint density at radius 2 is 1.94 bits per heavy atom. The summed E-state index contributed by atoms with van der Waals surface area (Å²) in [5.74, 6) is 0.197. The van der Waals surface area contributed by atoms with Crippen molar-refractivity contribution in [3.63, 3.8) is 0 Å². The third kappa shape index (κ3) is 2.52. The number of hydrogen-bond donors (Lipinski definition) is 0. The average molecular weight is 250 g/mol. The summed E-state index contributed by atoms with van der Waals surface area (Å²) in [4.78, 5) is 7.22. The van der Waals surface area contributed by atoms with Crippen molar-refractivity contribution >= 4 is 12.4 Å². The van der Waals surface area contributed by atoms with E-state index in [0.717, 1.165) is 6.07 Å². The number of alkyl halides is 3. The van der Waals surface area contributed by atoms with Crippen molar-refractivity contribution in [2.24, 2.45) is 0 Å². The molecule has 0 aliphatic rings. The van der Waals surface area contributed by atoms with Crippen molar-refractivity contribution in [2.75, 3.05) is 0 Å². The number of pyridine rings is 1. The molecule has 0 saturated carbocycles. The number of halogens is 4. The Morgan fingerprint density at radius 1 is 1.19 bits per heavy atom. The Balaban J connectivity index is 0.00000128. The minimum Gasteiger partial charge on any atom is -0.291 e. The molecule has 0 fully saturated rings. The van der Waals surface area contributed by atoms with Gasteiger partial charge in [-0.05, 0) is 12.1 Å². The fraction of sp³-hybridized carbons (Fsp3) is 0.111. The maximum absolute atomic E-state index is 12.3. The summed E-state index contributed by atoms with van der Waals surface area (Å²) in [6.07, 6.45) is -0.0243. The number of imidazole rings is 1. The molecular formula is C9H7ClF3N3. The molecule has 2 heterocycles. The van der Waals surface area contributed by atoms with Crippen LogP contribution >= 0.6 is 12.4 Å². The summed E-state index contributed by atoms with van der Waals surface area (Å²) in [7, 11) is 0. The zero-order chi connectivity index (χ0) is 10.9. The van der Waals surface area contributed by atoms with Crippen LogP contribution in [0.3, 0.4) is 0 Å². The van der Waals surface area contributed by atoms with Gasteiger partial charge in [-0.1, -0.05) is 6.07 Å². The SMILES string of the molecule is Cl.FC(F)(F)c1cccc(-n2ccnc2)n1. The van der Waals surface area contributed by atoms with Crippen molar-refractivity contribution in [1.82, 2.24) is 14.5 Å². The van der Waals surface area contributed by atoms with Crippen LogP contribution in [-0.4, -0.2) is 14.5 Å². The second-order valence-corrected chi connectivity index (χ2v) is 2.85. The van der Waals surface area contributed by atoms with E-state index in [1.165, 1.54) is 35.4 Å². The first-order chi connectivity index (χ1) is 7.07. The predicted molar refractivity (Wildman–Crippen MR) is 53.6 cm³/mol. The van der Waals surface area contributed by atoms with E-state index in [0.29, 0.717) is 0 Å². The Labute approximate surface area is 95.4 Å². The van der Waals surface area contributed by atoms with Crippen molar-refractivity contribution in [2.45, 2.75) is 6.18 Å². The lowest BCUT2D eigenvalue weighted by molar-refractivity contribution is -0.141. The van der Waals surface area contributed by atoms with Gasteiger partial charge in [0.1, 0.15) is 17.8 Å². The summed E-state index contributed by atoms with van der Waals surface area (Å²) >= 11 is 0. The Bertz CT molecular complexity index is 453. The fourth-order valence-corrected chi connectivity index (χ4v) is 1.12. The molecule has 86 valence electrons. The number of nitrogens with zero attached hydrogens (tertiary/aromatic N) is 3. The highest BCUT2D eigenvalue weighted by Crippen LogP contribution is 2.27. The predicted octanol–water partition coefficient (Wildman–Crippen LogP) is 2.71. The standard InChI is InChI=1S/C9H6F3N3.ClH/c10-9(11,12)7-2-1-3-8(14-7)15-5-4-13-6-15;/h1-6H;1H. The highest BCUT2D eigenvalue weighted by Gasteiger charge is 2.32. The molecule has 2 rings (SSSR count). The molecule has 7 heteroatoms. The molecule has 0 unspecified atom stereocenters. The molecule has 0 aliphatic carbocycles. The lowest BCUT2D eigenvalue weighted by Crippen LogP contribution is -2.09. The molecule has 3 nitrogen and oxygen atoms in total. The van der Waals surface area contributed by atoms with E-state index in [1.54, 1.807) is 0 Å². The Hall–Kier alpha value is -1.56. The van der Waals surface area contributed by atoms with Crippen LogP contribution in [0.2, 0.25) is 0 Å². The van der Waals surface area contributed by atoms with E-state index < -0.39 is 11.9 Å². The van der Waals surface area contributed by atoms with Gasteiger partial charge in [0.15, 0.2) is 0 Å². The number of hydrogen-bond acceptors (Lipinski definition) is 2. The third-order valence-electron chi connectivity index (χ3n) is 1.79. The van der Waals surface area contributed by atoms with Crippen LogP contribution in [0.15, 0.2) is 36.9 Å². The summed E-state index contributed by atoms with van der Waals surface area (Å²) in [5.41, 5.74) is -0.909. The monoisotopic (exact) mass is 249 g/mol. The first kappa shape index (κ1) is 12.5. The first-order valence-electron chi connectivity index (χ1n) is 4.10. The van der Waals surface area contributed by atoms with E-state index in [-0.39, 0.29) is 18.2 Å². The molecule has 0 aliphatic heterocycles. The van der Waals surface area contributed by atoms with Crippen molar-refractivity contribution < 1.29 is 13.2 Å². The van der Waals surface area contributed by atoms with Gasteiger partial charge in [0.05, 0.1) is 0 Å². The van der Waals surface area contributed by atoms with Gasteiger partial charge in [0.2, 0.25) is 0 Å². The molecule has 0 spiro atoms. The van der Waals surface area contributed by atoms with Crippen molar-refractivity contribution in [1.29, 1.82) is 0 Å². The molecule has 2 aromatic rings. The highest BCUT2D eigenvalue weighted by atomic mass is 35.5. The van der Waals surface area contributed by atoms with Gasteiger partial charge < -0.3 is 0 Å². The maximum Gasteiger partial charge on any atom is 0.433 e. The van der Waals surface area contributed by atoms with E-state index in [9.17, 15) is 13.2 Å². The summed E-state index contributed by atoms with van der Waals surface area (Å²) in [5, 5.41) is 0. The largest absolute Gasteiger partial charge is 0.433 e. The van der Waals surface area contributed by atoms with Crippen LogP contribution in [0, 0.1) is 0 Å². The molecule has 0 amide bonds. The van der Waals surface area contributed by atoms with Crippen LogP contribution in [-0.2, 0) is 6.18 Å². The van der Waals surface area contributed by atoms with Crippen LogP contribution in [0.4, 0.5) is 13.2 Å². The number of aromatic nitrogens is 3. The van der Waals surface area contributed by atoms with Crippen molar-refractivity contribution in [3.05, 3.63) is 42.6 Å². The van der Waals surface area contributed by atoms with E-state index in [1.807, 2.05) is 0 Å². The maximum atomic E-state index is 12.3. The van der Waals surface area contributed by atoms with Crippen LogP contribution in [0.5, 0.6) is 0 Å². The molecule has 0 bridgehead atoms. The zero-order valence-corrected chi connectivity index (χ0v) is 8.66. The summed E-state index contributed by atoms with van der Waals surface area (Å²) in [6, 6.07) is 3.72. The highest BCUT2D eigenvalue weighted by molar-refractivity contribution is 5.85. The van der Waals surface area contributed by atoms with Gasteiger partial charge in [0, 0.05) is 12.4 Å². The van der Waals surface area contributed by atoms with Gasteiger partial charge in [0.25, 0.3) is 0 Å². The van der Waals surface area contributed by atoms with E-state index >= 15 is 0 Å². The minimum atomic E-state index is -4.42. The smallest absolute Gasteiger partial charge is 0.291 e. The fourth-order valence-electron chi connectivity index (χ4n) is 1.12. The molecule has 2 aromatic heterocycles. The topological polar surface area (TPSA) is 30.7 Å². The second-order valence-electron chi connectivity index (χ2n) is 2.85. The minimum absolute atomic E-state index is 0. The number of rotatable bonds is 1. The Kier molecular flexibility index (Phi) is 3.54. The van der Waals surface area contributed by atoms with E-state index in [4.69, 9.17) is 0 Å². The van der Waals surface area contributed by atoms with Crippen LogP contribution < -0.4 is 0 Å². The second kappa shape index (κ2) is 4.52. The molecular weight excluding hydrogens is 243 g/mol. The van der Waals surface area contributed by atoms with Gasteiger partial charge in [-0.3, -0.25) is 4.57 Å². The lowest BCUT2D eigenvalue weighted by atomic mass is 10.3.